The van der Waals surface area contributed by atoms with Crippen LogP contribution in [0.4, 0.5) is 0 Å². The number of nitrogens with zero attached hydrogens (tertiary/aromatic N) is 5. The quantitative estimate of drug-likeness (QED) is 0.407. The van der Waals surface area contributed by atoms with Gasteiger partial charge in [0.15, 0.2) is 11.2 Å². The van der Waals surface area contributed by atoms with E-state index in [0.717, 1.165) is 42.8 Å². The van der Waals surface area contributed by atoms with Crippen LogP contribution in [-0.4, -0.2) is 29.7 Å². The molecular formula is C23H29N5O3. The number of para-hydroxylation sites is 2. The van der Waals surface area contributed by atoms with Crippen molar-refractivity contribution in [3.63, 3.8) is 0 Å². The van der Waals surface area contributed by atoms with E-state index in [2.05, 4.69) is 6.92 Å². The molecule has 0 bridgehead atoms. The zero-order valence-corrected chi connectivity index (χ0v) is 18.6. The van der Waals surface area contributed by atoms with Gasteiger partial charge in [-0.05, 0) is 32.4 Å². The van der Waals surface area contributed by atoms with Gasteiger partial charge in [0.25, 0.3) is 5.56 Å². The molecule has 0 spiro atoms. The second-order valence-corrected chi connectivity index (χ2v) is 7.82. The van der Waals surface area contributed by atoms with Gasteiger partial charge in [0.2, 0.25) is 5.78 Å². The van der Waals surface area contributed by atoms with Crippen molar-refractivity contribution in [1.29, 1.82) is 0 Å². The lowest BCUT2D eigenvalue weighted by Gasteiger charge is -2.12. The van der Waals surface area contributed by atoms with Gasteiger partial charge in [0.1, 0.15) is 5.75 Å². The Kier molecular flexibility index (Phi) is 5.71. The van der Waals surface area contributed by atoms with Gasteiger partial charge in [-0.1, -0.05) is 38.3 Å². The first kappa shape index (κ1) is 21.0. The fourth-order valence-corrected chi connectivity index (χ4v) is 4.12. The van der Waals surface area contributed by atoms with Gasteiger partial charge >= 0.3 is 5.69 Å². The maximum Gasteiger partial charge on any atom is 0.332 e. The van der Waals surface area contributed by atoms with E-state index in [4.69, 9.17) is 9.72 Å². The number of aromatic nitrogens is 5. The summed E-state index contributed by atoms with van der Waals surface area (Å²) in [7, 11) is 1.67. The third-order valence-corrected chi connectivity index (χ3v) is 5.67. The predicted octanol–water partition coefficient (Wildman–Crippen LogP) is 3.43. The molecule has 4 rings (SSSR count). The van der Waals surface area contributed by atoms with E-state index in [1.165, 1.54) is 9.13 Å². The summed E-state index contributed by atoms with van der Waals surface area (Å²) in [5.74, 6) is 1.32. The van der Waals surface area contributed by atoms with Crippen molar-refractivity contribution in [2.75, 3.05) is 6.61 Å². The summed E-state index contributed by atoms with van der Waals surface area (Å²) in [6.45, 7) is 7.01. The summed E-state index contributed by atoms with van der Waals surface area (Å²) in [6, 6.07) is 7.74. The number of ether oxygens (including phenoxy) is 1. The molecule has 0 N–H and O–H groups in total. The Morgan fingerprint density at radius 3 is 2.58 bits per heavy atom. The van der Waals surface area contributed by atoms with Crippen LogP contribution in [0.5, 0.6) is 5.75 Å². The van der Waals surface area contributed by atoms with Crippen molar-refractivity contribution in [3.8, 4) is 11.4 Å². The normalized spacial score (nSPS) is 11.6. The van der Waals surface area contributed by atoms with E-state index in [9.17, 15) is 9.59 Å². The number of hydrogen-bond donors (Lipinski definition) is 0. The van der Waals surface area contributed by atoms with E-state index in [0.29, 0.717) is 30.1 Å². The van der Waals surface area contributed by atoms with Crippen LogP contribution in [0.15, 0.2) is 40.1 Å². The molecule has 0 radical (unpaired) electrons. The van der Waals surface area contributed by atoms with E-state index in [1.54, 1.807) is 11.4 Å². The minimum atomic E-state index is -0.326. The molecule has 0 amide bonds. The first-order chi connectivity index (χ1) is 15.0. The van der Waals surface area contributed by atoms with E-state index in [1.807, 2.05) is 48.9 Å². The molecule has 3 heterocycles. The zero-order valence-electron chi connectivity index (χ0n) is 18.6. The first-order valence-corrected chi connectivity index (χ1v) is 10.9. The van der Waals surface area contributed by atoms with Crippen LogP contribution >= 0.6 is 0 Å². The topological polar surface area (TPSA) is 75.5 Å². The number of benzene rings is 1. The van der Waals surface area contributed by atoms with Crippen LogP contribution in [0.3, 0.4) is 0 Å². The fraction of sp³-hybridized carbons (Fsp3) is 0.435. The smallest absolute Gasteiger partial charge is 0.332 e. The Hall–Kier alpha value is -3.29. The molecule has 1 aromatic carbocycles. The molecule has 164 valence electrons. The Morgan fingerprint density at radius 2 is 1.84 bits per heavy atom. The molecule has 0 aliphatic heterocycles. The van der Waals surface area contributed by atoms with Crippen molar-refractivity contribution < 1.29 is 4.74 Å². The maximum atomic E-state index is 13.3. The third kappa shape index (κ3) is 3.45. The van der Waals surface area contributed by atoms with Crippen LogP contribution in [0, 0.1) is 6.92 Å². The Labute approximate surface area is 180 Å². The highest BCUT2D eigenvalue weighted by Crippen LogP contribution is 2.27. The average Bonchev–Trinajstić information content (AvgIpc) is 3.27. The molecular weight excluding hydrogens is 394 g/mol. The number of hydrogen-bond acceptors (Lipinski definition) is 4. The van der Waals surface area contributed by atoms with Gasteiger partial charge in [-0.2, -0.15) is 4.98 Å². The molecule has 8 heteroatoms. The third-order valence-electron chi connectivity index (χ3n) is 5.67. The summed E-state index contributed by atoms with van der Waals surface area (Å²) < 4.78 is 12.4. The Morgan fingerprint density at radius 1 is 1.06 bits per heavy atom. The lowest BCUT2D eigenvalue weighted by molar-refractivity contribution is 0.339. The van der Waals surface area contributed by atoms with Gasteiger partial charge in [-0.3, -0.25) is 22.9 Å². The molecule has 0 atom stereocenters. The summed E-state index contributed by atoms with van der Waals surface area (Å²) in [5, 5.41) is 0. The highest BCUT2D eigenvalue weighted by atomic mass is 16.5. The molecule has 0 saturated heterocycles. The summed E-state index contributed by atoms with van der Waals surface area (Å²) in [5.41, 5.74) is 1.95. The summed E-state index contributed by atoms with van der Waals surface area (Å²) in [6.07, 6.45) is 5.88. The number of aryl methyl sites for hydroxylation is 2. The predicted molar refractivity (Wildman–Crippen MR) is 122 cm³/mol. The highest BCUT2D eigenvalue weighted by molar-refractivity contribution is 5.76. The van der Waals surface area contributed by atoms with Crippen molar-refractivity contribution in [1.82, 2.24) is 23.1 Å². The number of rotatable bonds is 8. The Balaban J connectivity index is 1.94. The molecule has 0 aliphatic carbocycles. The van der Waals surface area contributed by atoms with E-state index >= 15 is 0 Å². The Bertz CT molecular complexity index is 1360. The van der Waals surface area contributed by atoms with Gasteiger partial charge in [-0.15, -0.1) is 0 Å². The van der Waals surface area contributed by atoms with Crippen LogP contribution in [0.2, 0.25) is 0 Å². The first-order valence-electron chi connectivity index (χ1n) is 10.9. The molecule has 31 heavy (non-hydrogen) atoms. The van der Waals surface area contributed by atoms with Crippen molar-refractivity contribution in [2.24, 2.45) is 7.05 Å². The molecule has 3 aromatic heterocycles. The average molecular weight is 424 g/mol. The minimum Gasteiger partial charge on any atom is -0.492 e. The minimum absolute atomic E-state index is 0.294. The zero-order chi connectivity index (χ0) is 22.1. The van der Waals surface area contributed by atoms with Gasteiger partial charge < -0.3 is 4.74 Å². The van der Waals surface area contributed by atoms with Crippen molar-refractivity contribution >= 4 is 16.9 Å². The van der Waals surface area contributed by atoms with E-state index in [-0.39, 0.29) is 11.2 Å². The molecule has 0 fully saturated rings. The second kappa shape index (κ2) is 8.45. The molecule has 0 aliphatic rings. The van der Waals surface area contributed by atoms with Crippen LogP contribution in [-0.2, 0) is 13.6 Å². The SMILES string of the molecule is CCCCCCn1c(=O)c2c(nc3n(-c4ccccc4OCC)c(C)cn23)n(C)c1=O. The molecule has 0 saturated carbocycles. The standard InChI is InChI=1S/C23H29N5O3/c1-5-7-8-11-14-26-21(29)19-20(25(4)23(26)30)24-22-27(19)15-16(3)28(22)17-12-9-10-13-18(17)31-6-2/h9-10,12-13,15H,5-8,11,14H2,1-4H3. The largest absolute Gasteiger partial charge is 0.492 e. The number of unbranched alkanes of at least 4 members (excludes halogenated alkanes) is 3. The van der Waals surface area contributed by atoms with Crippen LogP contribution < -0.4 is 16.0 Å². The molecule has 4 aromatic rings. The van der Waals surface area contributed by atoms with Crippen LogP contribution in [0.1, 0.15) is 45.2 Å². The summed E-state index contributed by atoms with van der Waals surface area (Å²) >= 11 is 0. The fourth-order valence-electron chi connectivity index (χ4n) is 4.12. The lowest BCUT2D eigenvalue weighted by Crippen LogP contribution is -2.39. The van der Waals surface area contributed by atoms with Gasteiger partial charge in [0.05, 0.1) is 12.3 Å². The van der Waals surface area contributed by atoms with Gasteiger partial charge in [0, 0.05) is 25.5 Å². The maximum absolute atomic E-state index is 13.3. The molecule has 8 nitrogen and oxygen atoms in total. The highest BCUT2D eigenvalue weighted by Gasteiger charge is 2.21. The van der Waals surface area contributed by atoms with E-state index < -0.39 is 0 Å². The molecule has 0 unspecified atom stereocenters. The number of fused-ring (bicyclic) bond motifs is 3. The number of imidazole rings is 2. The van der Waals surface area contributed by atoms with Crippen LogP contribution in [0.25, 0.3) is 22.6 Å². The van der Waals surface area contributed by atoms with Gasteiger partial charge in [-0.25, -0.2) is 4.79 Å². The van der Waals surface area contributed by atoms with Crippen molar-refractivity contribution in [2.45, 2.75) is 53.0 Å². The second-order valence-electron chi connectivity index (χ2n) is 7.82. The monoisotopic (exact) mass is 423 g/mol. The van der Waals surface area contributed by atoms with Crippen molar-refractivity contribution in [3.05, 3.63) is 57.0 Å². The lowest BCUT2D eigenvalue weighted by atomic mass is 10.2. The summed E-state index contributed by atoms with van der Waals surface area (Å²) in [4.78, 5) is 30.9.